The lowest BCUT2D eigenvalue weighted by atomic mass is 9.97. The summed E-state index contributed by atoms with van der Waals surface area (Å²) < 4.78 is 19.2. The average Bonchev–Trinajstić information content (AvgIpc) is 3.48. The topological polar surface area (TPSA) is 99.4 Å². The average molecular weight is 431 g/mol. The highest BCUT2D eigenvalue weighted by Crippen LogP contribution is 2.42. The second kappa shape index (κ2) is 7.19. The zero-order valence-electron chi connectivity index (χ0n) is 17.2. The van der Waals surface area contributed by atoms with E-state index in [1.54, 1.807) is 24.3 Å². The molecular formula is C24H18FN3O4. The molecule has 1 aliphatic heterocycles. The summed E-state index contributed by atoms with van der Waals surface area (Å²) in [5.41, 5.74) is 3.05. The minimum Gasteiger partial charge on any atom is -0.507 e. The molecule has 0 bridgehead atoms. The van der Waals surface area contributed by atoms with E-state index < -0.39 is 23.5 Å². The number of Topliss-reactive ketones (excluding diaryl/α,β-unsaturated/α-hetero) is 1. The maximum Gasteiger partial charge on any atom is 0.302 e. The number of furan rings is 1. The number of carbonyl (C=O) groups is 2. The quantitative estimate of drug-likeness (QED) is 0.282. The Bertz CT molecular complexity index is 1420. The molecule has 2 aromatic carbocycles. The van der Waals surface area contributed by atoms with Gasteiger partial charge in [0.15, 0.2) is 0 Å². The van der Waals surface area contributed by atoms with Crippen molar-refractivity contribution in [3.05, 3.63) is 88.6 Å². The highest BCUT2D eigenvalue weighted by molar-refractivity contribution is 6.51. The number of benzene rings is 2. The number of fused-ring (bicyclic) bond motifs is 1. The predicted octanol–water partition coefficient (Wildman–Crippen LogP) is 4.54. The van der Waals surface area contributed by atoms with Crippen LogP contribution >= 0.6 is 0 Å². The molecule has 7 nitrogen and oxygen atoms in total. The van der Waals surface area contributed by atoms with Crippen LogP contribution in [0.4, 0.5) is 10.3 Å². The maximum absolute atomic E-state index is 13.6. The highest BCUT2D eigenvalue weighted by Gasteiger charge is 2.49. The number of imidazole rings is 1. The molecule has 1 atom stereocenters. The molecule has 1 unspecified atom stereocenters. The second-order valence-corrected chi connectivity index (χ2v) is 7.71. The van der Waals surface area contributed by atoms with Crippen LogP contribution in [0.15, 0.2) is 64.8 Å². The Morgan fingerprint density at radius 2 is 1.94 bits per heavy atom. The van der Waals surface area contributed by atoms with Gasteiger partial charge >= 0.3 is 5.91 Å². The van der Waals surface area contributed by atoms with E-state index in [1.165, 1.54) is 24.5 Å². The van der Waals surface area contributed by atoms with Gasteiger partial charge in [0.1, 0.15) is 23.4 Å². The van der Waals surface area contributed by atoms with Crippen LogP contribution in [0.5, 0.6) is 0 Å². The molecule has 3 heterocycles. The number of carbonyl (C=O) groups excluding carboxylic acids is 2. The van der Waals surface area contributed by atoms with E-state index in [0.717, 1.165) is 16.0 Å². The number of nitrogens with zero attached hydrogens (tertiary/aromatic N) is 2. The van der Waals surface area contributed by atoms with E-state index in [9.17, 15) is 19.1 Å². The van der Waals surface area contributed by atoms with Gasteiger partial charge in [-0.1, -0.05) is 12.1 Å². The summed E-state index contributed by atoms with van der Waals surface area (Å²) in [6.45, 7) is 3.83. The number of amides is 1. The van der Waals surface area contributed by atoms with Crippen LogP contribution in [0.25, 0.3) is 16.8 Å². The van der Waals surface area contributed by atoms with Crippen LogP contribution in [0.1, 0.15) is 28.5 Å². The zero-order chi connectivity index (χ0) is 22.6. The fourth-order valence-electron chi connectivity index (χ4n) is 3.89. The lowest BCUT2D eigenvalue weighted by Gasteiger charge is -2.20. The van der Waals surface area contributed by atoms with Crippen LogP contribution < -0.4 is 4.90 Å². The molecule has 1 aliphatic rings. The summed E-state index contributed by atoms with van der Waals surface area (Å²) in [5.74, 6) is -2.19. The van der Waals surface area contributed by atoms with E-state index in [2.05, 4.69) is 9.97 Å². The second-order valence-electron chi connectivity index (χ2n) is 7.71. The smallest absolute Gasteiger partial charge is 0.302 e. The molecule has 1 saturated heterocycles. The van der Waals surface area contributed by atoms with E-state index in [0.29, 0.717) is 16.6 Å². The number of aromatic amines is 1. The molecule has 8 heteroatoms. The summed E-state index contributed by atoms with van der Waals surface area (Å²) in [4.78, 5) is 34.5. The molecule has 4 aromatic rings. The number of H-pyrrole nitrogens is 1. The standard InChI is InChI=1S/C24H18FN3O4/c1-12-5-6-14(10-13(12)2)21(29)19-20(18-4-3-9-32-18)28(23(31)22(19)30)24-26-16-8-7-15(25)11-17(16)27-24/h3-11,20,29H,1-2H3,(H,26,27)/b21-19+. The molecule has 0 spiro atoms. The molecule has 0 saturated carbocycles. The number of ketones is 1. The first-order chi connectivity index (χ1) is 15.3. The minimum atomic E-state index is -1.04. The third-order valence-corrected chi connectivity index (χ3v) is 5.70. The number of nitrogens with one attached hydrogen (secondary N) is 1. The van der Waals surface area contributed by atoms with Gasteiger partial charge in [-0.25, -0.2) is 9.37 Å². The molecule has 160 valence electrons. The lowest BCUT2D eigenvalue weighted by Crippen LogP contribution is -2.30. The lowest BCUT2D eigenvalue weighted by molar-refractivity contribution is -0.132. The molecule has 0 aliphatic carbocycles. The van der Waals surface area contributed by atoms with Gasteiger partial charge in [-0.05, 0) is 61.4 Å². The van der Waals surface area contributed by atoms with Crippen molar-refractivity contribution in [3.8, 4) is 0 Å². The van der Waals surface area contributed by atoms with Crippen molar-refractivity contribution in [2.24, 2.45) is 0 Å². The highest BCUT2D eigenvalue weighted by atomic mass is 19.1. The summed E-state index contributed by atoms with van der Waals surface area (Å²) in [6, 6.07) is 11.4. The molecule has 5 rings (SSSR count). The normalized spacial score (nSPS) is 18.1. The molecule has 2 aromatic heterocycles. The van der Waals surface area contributed by atoms with Crippen molar-refractivity contribution in [1.29, 1.82) is 0 Å². The first-order valence-electron chi connectivity index (χ1n) is 9.92. The van der Waals surface area contributed by atoms with Gasteiger partial charge in [-0.3, -0.25) is 14.5 Å². The third-order valence-electron chi connectivity index (χ3n) is 5.70. The van der Waals surface area contributed by atoms with Crippen LogP contribution in [0, 0.1) is 19.7 Å². The molecule has 1 amide bonds. The van der Waals surface area contributed by atoms with Crippen molar-refractivity contribution < 1.29 is 23.5 Å². The van der Waals surface area contributed by atoms with Gasteiger partial charge in [0.25, 0.3) is 5.78 Å². The number of anilines is 1. The number of hydrogen-bond donors (Lipinski definition) is 2. The number of rotatable bonds is 3. The third kappa shape index (κ3) is 2.99. The van der Waals surface area contributed by atoms with Gasteiger partial charge in [-0.2, -0.15) is 0 Å². The first kappa shape index (κ1) is 19.7. The Hall–Kier alpha value is -4.20. The predicted molar refractivity (Wildman–Crippen MR) is 115 cm³/mol. The summed E-state index contributed by atoms with van der Waals surface area (Å²) >= 11 is 0. The van der Waals surface area contributed by atoms with Gasteiger partial charge in [0, 0.05) is 5.56 Å². The molecule has 1 fully saturated rings. The van der Waals surface area contributed by atoms with E-state index in [-0.39, 0.29) is 23.0 Å². The Kier molecular flexibility index (Phi) is 4.44. The fraction of sp³-hybridized carbons (Fsp3) is 0.125. The summed E-state index contributed by atoms with van der Waals surface area (Å²) in [6.07, 6.45) is 1.42. The van der Waals surface area contributed by atoms with Crippen LogP contribution in [-0.2, 0) is 9.59 Å². The van der Waals surface area contributed by atoms with Crippen molar-refractivity contribution >= 4 is 34.4 Å². The van der Waals surface area contributed by atoms with Gasteiger partial charge in [0.2, 0.25) is 5.95 Å². The molecule has 0 radical (unpaired) electrons. The number of aliphatic hydroxyl groups excluding tert-OH is 1. The first-order valence-corrected chi connectivity index (χ1v) is 9.92. The summed E-state index contributed by atoms with van der Waals surface area (Å²) in [5, 5.41) is 11.1. The monoisotopic (exact) mass is 431 g/mol. The van der Waals surface area contributed by atoms with Crippen LogP contribution in [0.2, 0.25) is 0 Å². The number of aryl methyl sites for hydroxylation is 2. The molecular weight excluding hydrogens is 413 g/mol. The fourth-order valence-corrected chi connectivity index (χ4v) is 3.89. The van der Waals surface area contributed by atoms with Crippen molar-refractivity contribution in [2.75, 3.05) is 4.90 Å². The number of aromatic nitrogens is 2. The summed E-state index contributed by atoms with van der Waals surface area (Å²) in [7, 11) is 0. The Morgan fingerprint density at radius 3 is 2.66 bits per heavy atom. The van der Waals surface area contributed by atoms with E-state index >= 15 is 0 Å². The van der Waals surface area contributed by atoms with Crippen molar-refractivity contribution in [2.45, 2.75) is 19.9 Å². The Balaban J connectivity index is 1.71. The van der Waals surface area contributed by atoms with E-state index in [1.807, 2.05) is 19.9 Å². The Labute approximate surface area is 181 Å². The van der Waals surface area contributed by atoms with Gasteiger partial charge in [-0.15, -0.1) is 0 Å². The van der Waals surface area contributed by atoms with E-state index in [4.69, 9.17) is 4.42 Å². The maximum atomic E-state index is 13.6. The minimum absolute atomic E-state index is 0.0493. The van der Waals surface area contributed by atoms with Gasteiger partial charge in [0.05, 0.1) is 22.9 Å². The van der Waals surface area contributed by atoms with Crippen LogP contribution in [0.3, 0.4) is 0 Å². The van der Waals surface area contributed by atoms with Crippen molar-refractivity contribution in [3.63, 3.8) is 0 Å². The SMILES string of the molecule is Cc1ccc(/C(O)=C2\C(=O)C(=O)N(c3nc4ccc(F)cc4[nH]3)C2c2ccco2)cc1C. The largest absolute Gasteiger partial charge is 0.507 e. The molecule has 2 N–H and O–H groups in total. The number of aliphatic hydroxyl groups is 1. The van der Waals surface area contributed by atoms with Crippen molar-refractivity contribution in [1.82, 2.24) is 9.97 Å². The Morgan fingerprint density at radius 1 is 1.12 bits per heavy atom. The van der Waals surface area contributed by atoms with Crippen LogP contribution in [-0.4, -0.2) is 26.8 Å². The molecule has 32 heavy (non-hydrogen) atoms. The zero-order valence-corrected chi connectivity index (χ0v) is 17.2. The van der Waals surface area contributed by atoms with Gasteiger partial charge < -0.3 is 14.5 Å². The number of hydrogen-bond acceptors (Lipinski definition) is 5. The number of halogens is 1.